The van der Waals surface area contributed by atoms with Gasteiger partial charge in [-0.25, -0.2) is 9.97 Å². The molecule has 5 nitrogen and oxygen atoms in total. The summed E-state index contributed by atoms with van der Waals surface area (Å²) in [6, 6.07) is 16.6. The second kappa shape index (κ2) is 6.11. The van der Waals surface area contributed by atoms with Crippen LogP contribution in [0.2, 0.25) is 5.02 Å². The first-order chi connectivity index (χ1) is 12.1. The molecule has 0 amide bonds. The van der Waals surface area contributed by atoms with Gasteiger partial charge in [-0.2, -0.15) is 0 Å². The standard InChI is InChI=1S/C19H15ClN4O/c1-24-17(12-5-7-15(25)8-6-12)10-16-18(21-11-22-19(16)24)23-14-4-2-3-13(20)9-14/h2-11,25H,1H3,(H,21,22,23). The zero-order valence-corrected chi connectivity index (χ0v) is 14.2. The Morgan fingerprint density at radius 1 is 1.04 bits per heavy atom. The highest BCUT2D eigenvalue weighted by Gasteiger charge is 2.13. The van der Waals surface area contributed by atoms with Gasteiger partial charge in [-0.15, -0.1) is 0 Å². The number of fused-ring (bicyclic) bond motifs is 1. The number of nitrogens with one attached hydrogen (secondary N) is 1. The summed E-state index contributed by atoms with van der Waals surface area (Å²) in [5.74, 6) is 0.957. The van der Waals surface area contributed by atoms with Crippen molar-refractivity contribution in [1.82, 2.24) is 14.5 Å². The second-order valence-corrected chi connectivity index (χ2v) is 6.17. The van der Waals surface area contributed by atoms with Crippen molar-refractivity contribution in [3.05, 3.63) is 65.9 Å². The number of nitrogens with zero attached hydrogens (tertiary/aromatic N) is 3. The van der Waals surface area contributed by atoms with Crippen LogP contribution in [0.25, 0.3) is 22.3 Å². The number of aromatic hydroxyl groups is 1. The van der Waals surface area contributed by atoms with E-state index in [1.54, 1.807) is 12.1 Å². The lowest BCUT2D eigenvalue weighted by Crippen LogP contribution is -1.97. The number of anilines is 2. The summed E-state index contributed by atoms with van der Waals surface area (Å²) < 4.78 is 2.01. The second-order valence-electron chi connectivity index (χ2n) is 5.73. The fourth-order valence-electron chi connectivity index (χ4n) is 2.85. The van der Waals surface area contributed by atoms with Gasteiger partial charge in [0, 0.05) is 17.8 Å². The SMILES string of the molecule is Cn1c(-c2ccc(O)cc2)cc2c(Nc3cccc(Cl)c3)ncnc21. The third-order valence-corrected chi connectivity index (χ3v) is 4.31. The van der Waals surface area contributed by atoms with E-state index < -0.39 is 0 Å². The van der Waals surface area contributed by atoms with Crippen molar-refractivity contribution in [1.29, 1.82) is 0 Å². The van der Waals surface area contributed by atoms with E-state index in [2.05, 4.69) is 15.3 Å². The molecule has 4 rings (SSSR count). The maximum atomic E-state index is 9.49. The average molecular weight is 351 g/mol. The normalized spacial score (nSPS) is 11.0. The smallest absolute Gasteiger partial charge is 0.145 e. The lowest BCUT2D eigenvalue weighted by Gasteiger charge is -2.07. The summed E-state index contributed by atoms with van der Waals surface area (Å²) in [7, 11) is 1.96. The highest BCUT2D eigenvalue weighted by molar-refractivity contribution is 6.30. The number of hydrogen-bond donors (Lipinski definition) is 2. The van der Waals surface area contributed by atoms with Gasteiger partial charge in [0.15, 0.2) is 0 Å². The number of phenols is 1. The van der Waals surface area contributed by atoms with Crippen molar-refractivity contribution in [2.45, 2.75) is 0 Å². The van der Waals surface area contributed by atoms with E-state index in [4.69, 9.17) is 11.6 Å². The molecule has 0 aliphatic rings. The van der Waals surface area contributed by atoms with Gasteiger partial charge in [0.25, 0.3) is 0 Å². The predicted molar refractivity (Wildman–Crippen MR) is 100 cm³/mol. The van der Waals surface area contributed by atoms with Crippen LogP contribution in [0.5, 0.6) is 5.75 Å². The zero-order valence-electron chi connectivity index (χ0n) is 13.4. The fraction of sp³-hybridized carbons (Fsp3) is 0.0526. The zero-order chi connectivity index (χ0) is 17.4. The Hall–Kier alpha value is -3.05. The highest BCUT2D eigenvalue weighted by Crippen LogP contribution is 2.31. The average Bonchev–Trinajstić information content (AvgIpc) is 2.94. The van der Waals surface area contributed by atoms with Crippen molar-refractivity contribution in [2.24, 2.45) is 7.05 Å². The van der Waals surface area contributed by atoms with Gasteiger partial charge in [0.05, 0.1) is 11.1 Å². The summed E-state index contributed by atoms with van der Waals surface area (Å²) in [5.41, 5.74) is 3.67. The number of hydrogen-bond acceptors (Lipinski definition) is 4. The molecule has 2 heterocycles. The number of rotatable bonds is 3. The van der Waals surface area contributed by atoms with Gasteiger partial charge in [0.1, 0.15) is 23.5 Å². The molecule has 6 heteroatoms. The molecule has 0 saturated heterocycles. The topological polar surface area (TPSA) is 63.0 Å². The molecule has 124 valence electrons. The first kappa shape index (κ1) is 15.5. The molecular formula is C19H15ClN4O. The van der Waals surface area contributed by atoms with Crippen LogP contribution in [0.15, 0.2) is 60.9 Å². The molecule has 0 aliphatic carbocycles. The van der Waals surface area contributed by atoms with Gasteiger partial charge in [-0.3, -0.25) is 0 Å². The minimum atomic E-state index is 0.241. The third kappa shape index (κ3) is 2.90. The minimum Gasteiger partial charge on any atom is -0.508 e. The van der Waals surface area contributed by atoms with Crippen LogP contribution in [-0.4, -0.2) is 19.6 Å². The first-order valence-corrected chi connectivity index (χ1v) is 8.12. The molecule has 0 fully saturated rings. The van der Waals surface area contributed by atoms with E-state index in [1.807, 2.05) is 54.1 Å². The molecule has 0 saturated carbocycles. The molecule has 2 aromatic carbocycles. The summed E-state index contributed by atoms with van der Waals surface area (Å²) in [4.78, 5) is 8.78. The lowest BCUT2D eigenvalue weighted by atomic mass is 10.1. The highest BCUT2D eigenvalue weighted by atomic mass is 35.5. The molecule has 25 heavy (non-hydrogen) atoms. The molecule has 0 unspecified atom stereocenters. The molecule has 0 aliphatic heterocycles. The van der Waals surface area contributed by atoms with Crippen LogP contribution in [0.3, 0.4) is 0 Å². The quantitative estimate of drug-likeness (QED) is 0.560. The largest absolute Gasteiger partial charge is 0.508 e. The van der Waals surface area contributed by atoms with E-state index >= 15 is 0 Å². The van der Waals surface area contributed by atoms with E-state index in [9.17, 15) is 5.11 Å². The van der Waals surface area contributed by atoms with Gasteiger partial charge in [0.2, 0.25) is 0 Å². The Morgan fingerprint density at radius 2 is 1.84 bits per heavy atom. The summed E-state index contributed by atoms with van der Waals surface area (Å²) in [5, 5.41) is 14.4. The van der Waals surface area contributed by atoms with Crippen LogP contribution in [0.4, 0.5) is 11.5 Å². The van der Waals surface area contributed by atoms with Gasteiger partial charge in [-0.1, -0.05) is 17.7 Å². The van der Waals surface area contributed by atoms with Crippen molar-refractivity contribution >= 4 is 34.1 Å². The summed E-state index contributed by atoms with van der Waals surface area (Å²) in [6.07, 6.45) is 1.54. The molecular weight excluding hydrogens is 336 g/mol. The molecule has 0 spiro atoms. The van der Waals surface area contributed by atoms with Crippen LogP contribution < -0.4 is 5.32 Å². The van der Waals surface area contributed by atoms with E-state index in [-0.39, 0.29) is 5.75 Å². The maximum absolute atomic E-state index is 9.49. The predicted octanol–water partition coefficient (Wildman–Crippen LogP) is 4.74. The Bertz CT molecular complexity index is 1060. The van der Waals surface area contributed by atoms with Crippen LogP contribution in [0, 0.1) is 0 Å². The number of benzene rings is 2. The fourth-order valence-corrected chi connectivity index (χ4v) is 3.04. The van der Waals surface area contributed by atoms with Crippen molar-refractivity contribution in [2.75, 3.05) is 5.32 Å². The van der Waals surface area contributed by atoms with E-state index in [0.29, 0.717) is 10.8 Å². The Labute approximate surface area is 149 Å². The van der Waals surface area contributed by atoms with E-state index in [1.165, 1.54) is 6.33 Å². The van der Waals surface area contributed by atoms with Gasteiger partial charge in [-0.05, 0) is 54.1 Å². The number of aromatic nitrogens is 3. The molecule has 0 bridgehead atoms. The number of halogens is 1. The molecule has 4 aromatic rings. The number of aryl methyl sites for hydroxylation is 1. The monoisotopic (exact) mass is 350 g/mol. The van der Waals surface area contributed by atoms with E-state index in [0.717, 1.165) is 28.0 Å². The van der Waals surface area contributed by atoms with Gasteiger partial charge >= 0.3 is 0 Å². The first-order valence-electron chi connectivity index (χ1n) is 7.74. The lowest BCUT2D eigenvalue weighted by molar-refractivity contribution is 0.475. The number of phenolic OH excluding ortho intramolecular Hbond substituents is 1. The summed E-state index contributed by atoms with van der Waals surface area (Å²) >= 11 is 6.05. The van der Waals surface area contributed by atoms with Crippen molar-refractivity contribution in [3.8, 4) is 17.0 Å². The Balaban J connectivity index is 1.82. The summed E-state index contributed by atoms with van der Waals surface area (Å²) in [6.45, 7) is 0. The maximum Gasteiger partial charge on any atom is 0.145 e. The van der Waals surface area contributed by atoms with Crippen molar-refractivity contribution < 1.29 is 5.11 Å². The van der Waals surface area contributed by atoms with Crippen molar-refractivity contribution in [3.63, 3.8) is 0 Å². The van der Waals surface area contributed by atoms with Gasteiger partial charge < -0.3 is 15.0 Å². The molecule has 0 radical (unpaired) electrons. The van der Waals surface area contributed by atoms with Crippen LogP contribution >= 0.6 is 11.6 Å². The van der Waals surface area contributed by atoms with Crippen LogP contribution in [-0.2, 0) is 7.05 Å². The minimum absolute atomic E-state index is 0.241. The molecule has 2 N–H and O–H groups in total. The molecule has 2 aromatic heterocycles. The Morgan fingerprint density at radius 3 is 2.60 bits per heavy atom. The third-order valence-electron chi connectivity index (χ3n) is 4.07. The van der Waals surface area contributed by atoms with Crippen LogP contribution in [0.1, 0.15) is 0 Å². The molecule has 0 atom stereocenters. The Kier molecular flexibility index (Phi) is 3.78.